The van der Waals surface area contributed by atoms with Gasteiger partial charge in [-0.15, -0.1) is 11.3 Å². The number of nitrogens with one attached hydrogen (secondary N) is 1. The number of hydrogen-bond donors (Lipinski definition) is 1. The summed E-state index contributed by atoms with van der Waals surface area (Å²) in [7, 11) is 0. The van der Waals surface area contributed by atoms with Crippen molar-refractivity contribution in [2.75, 3.05) is 5.32 Å². The molecule has 1 N–H and O–H groups in total. The molecule has 0 radical (unpaired) electrons. The summed E-state index contributed by atoms with van der Waals surface area (Å²) in [5, 5.41) is 16.0. The summed E-state index contributed by atoms with van der Waals surface area (Å²) in [6.45, 7) is 0.614. The summed E-state index contributed by atoms with van der Waals surface area (Å²) >= 11 is 1.54. The first kappa shape index (κ1) is 15.3. The van der Waals surface area contributed by atoms with Crippen LogP contribution in [-0.4, -0.2) is 14.9 Å². The van der Waals surface area contributed by atoms with Crippen molar-refractivity contribution in [3.63, 3.8) is 0 Å². The van der Waals surface area contributed by atoms with Crippen LogP contribution in [0, 0.1) is 10.1 Å². The number of hydrogen-bond acceptors (Lipinski definition) is 7. The van der Waals surface area contributed by atoms with Crippen LogP contribution < -0.4 is 5.32 Å². The van der Waals surface area contributed by atoms with Crippen LogP contribution in [0.5, 0.6) is 0 Å². The van der Waals surface area contributed by atoms with E-state index in [4.69, 9.17) is 4.42 Å². The number of benzene rings is 1. The van der Waals surface area contributed by atoms with Crippen molar-refractivity contribution in [3.8, 4) is 11.6 Å². The smallest absolute Gasteiger partial charge is 0.397 e. The highest BCUT2D eigenvalue weighted by atomic mass is 32.1. The van der Waals surface area contributed by atoms with Crippen LogP contribution >= 0.6 is 11.3 Å². The Morgan fingerprint density at radius 3 is 2.72 bits per heavy atom. The number of aromatic nitrogens is 2. The fourth-order valence-corrected chi connectivity index (χ4v) is 3.22. The molecule has 0 bridgehead atoms. The average Bonchev–Trinajstić information content (AvgIpc) is 3.29. The molecule has 0 amide bonds. The van der Waals surface area contributed by atoms with E-state index in [2.05, 4.69) is 15.3 Å². The highest BCUT2D eigenvalue weighted by Crippen LogP contribution is 2.31. The molecule has 3 aromatic heterocycles. The van der Waals surface area contributed by atoms with Crippen LogP contribution in [0.1, 0.15) is 5.56 Å². The molecule has 124 valence electrons. The summed E-state index contributed by atoms with van der Waals surface area (Å²) in [6, 6.07) is 14.7. The minimum Gasteiger partial charge on any atom is -0.397 e. The zero-order valence-corrected chi connectivity index (χ0v) is 13.7. The molecule has 0 spiro atoms. The molecular formula is C17H12N4O3S. The largest absolute Gasteiger partial charge is 0.433 e. The number of nitrogens with zero attached hydrogens (tertiary/aromatic N) is 3. The van der Waals surface area contributed by atoms with Crippen molar-refractivity contribution in [1.82, 2.24) is 9.97 Å². The first-order valence-corrected chi connectivity index (χ1v) is 8.36. The Bertz CT molecular complexity index is 1040. The standard InChI is InChI=1S/C17H12N4O3S/c22-21(23)14-7-6-13(24-14)16-19-12-8-9-25-15(12)17(20-16)18-10-11-4-2-1-3-5-11/h1-9H,10H2,(H,18,19,20). The van der Waals surface area contributed by atoms with Crippen LogP contribution in [-0.2, 0) is 6.54 Å². The molecule has 8 heteroatoms. The van der Waals surface area contributed by atoms with Gasteiger partial charge in [-0.25, -0.2) is 9.97 Å². The lowest BCUT2D eigenvalue weighted by Crippen LogP contribution is -2.03. The van der Waals surface area contributed by atoms with E-state index in [1.165, 1.54) is 23.5 Å². The van der Waals surface area contributed by atoms with Crippen molar-refractivity contribution < 1.29 is 9.34 Å². The Morgan fingerprint density at radius 1 is 1.12 bits per heavy atom. The molecule has 0 aliphatic rings. The lowest BCUT2D eigenvalue weighted by molar-refractivity contribution is -0.401. The van der Waals surface area contributed by atoms with Gasteiger partial charge in [0.25, 0.3) is 0 Å². The number of rotatable bonds is 5. The Balaban J connectivity index is 1.70. The number of thiophene rings is 1. The van der Waals surface area contributed by atoms with Gasteiger partial charge in [0, 0.05) is 6.54 Å². The fourth-order valence-electron chi connectivity index (χ4n) is 2.42. The van der Waals surface area contributed by atoms with Gasteiger partial charge in [0.05, 0.1) is 16.3 Å². The van der Waals surface area contributed by atoms with Gasteiger partial charge in [0.2, 0.25) is 0 Å². The first-order chi connectivity index (χ1) is 12.2. The first-order valence-electron chi connectivity index (χ1n) is 7.48. The molecular weight excluding hydrogens is 340 g/mol. The van der Waals surface area contributed by atoms with Crippen molar-refractivity contribution >= 4 is 33.3 Å². The Morgan fingerprint density at radius 2 is 1.96 bits per heavy atom. The summed E-state index contributed by atoms with van der Waals surface area (Å²) in [4.78, 5) is 19.2. The Kier molecular flexibility index (Phi) is 3.87. The molecule has 0 saturated heterocycles. The van der Waals surface area contributed by atoms with Gasteiger partial charge in [0.1, 0.15) is 10.7 Å². The number of anilines is 1. The highest BCUT2D eigenvalue weighted by molar-refractivity contribution is 7.17. The summed E-state index contributed by atoms with van der Waals surface area (Å²) < 4.78 is 6.16. The third-order valence-electron chi connectivity index (χ3n) is 3.60. The van der Waals surface area contributed by atoms with Crippen molar-refractivity contribution in [1.29, 1.82) is 0 Å². The predicted molar refractivity (Wildman–Crippen MR) is 95.5 cm³/mol. The van der Waals surface area contributed by atoms with E-state index in [1.807, 2.05) is 41.8 Å². The quantitative estimate of drug-likeness (QED) is 0.420. The lowest BCUT2D eigenvalue weighted by Gasteiger charge is -2.08. The molecule has 4 aromatic rings. The van der Waals surface area contributed by atoms with Gasteiger partial charge >= 0.3 is 5.88 Å². The topological polar surface area (TPSA) is 94.1 Å². The maximum absolute atomic E-state index is 10.8. The zero-order chi connectivity index (χ0) is 17.2. The van der Waals surface area contributed by atoms with E-state index < -0.39 is 4.92 Å². The molecule has 0 unspecified atom stereocenters. The monoisotopic (exact) mass is 352 g/mol. The minimum absolute atomic E-state index is 0.266. The average molecular weight is 352 g/mol. The molecule has 4 rings (SSSR count). The molecule has 7 nitrogen and oxygen atoms in total. The van der Waals surface area contributed by atoms with Gasteiger partial charge in [-0.2, -0.15) is 0 Å². The van der Waals surface area contributed by atoms with E-state index in [0.29, 0.717) is 18.2 Å². The summed E-state index contributed by atoms with van der Waals surface area (Å²) in [5.74, 6) is 0.929. The molecule has 0 aliphatic carbocycles. The number of nitro groups is 1. The maximum Gasteiger partial charge on any atom is 0.433 e. The van der Waals surface area contributed by atoms with Gasteiger partial charge in [-0.05, 0) is 23.1 Å². The molecule has 0 saturated carbocycles. The van der Waals surface area contributed by atoms with Crippen LogP contribution in [0.2, 0.25) is 0 Å². The van der Waals surface area contributed by atoms with Crippen LogP contribution in [0.15, 0.2) is 58.3 Å². The third kappa shape index (κ3) is 3.07. The molecule has 0 fully saturated rings. The van der Waals surface area contributed by atoms with Crippen molar-refractivity contribution in [3.05, 3.63) is 69.6 Å². The maximum atomic E-state index is 10.8. The molecule has 0 aliphatic heterocycles. The van der Waals surface area contributed by atoms with Crippen molar-refractivity contribution in [2.45, 2.75) is 6.54 Å². The Hall–Kier alpha value is -3.26. The molecule has 1 aromatic carbocycles. The predicted octanol–water partition coefficient (Wildman–Crippen LogP) is 4.47. The van der Waals surface area contributed by atoms with Gasteiger partial charge in [-0.1, -0.05) is 30.3 Å². The van der Waals surface area contributed by atoms with E-state index >= 15 is 0 Å². The van der Waals surface area contributed by atoms with E-state index in [-0.39, 0.29) is 11.6 Å². The second kappa shape index (κ2) is 6.33. The zero-order valence-electron chi connectivity index (χ0n) is 12.9. The summed E-state index contributed by atoms with van der Waals surface area (Å²) in [5.41, 5.74) is 1.89. The highest BCUT2D eigenvalue weighted by Gasteiger charge is 2.17. The van der Waals surface area contributed by atoms with Gasteiger partial charge in [0.15, 0.2) is 11.6 Å². The second-order valence-corrected chi connectivity index (χ2v) is 6.18. The summed E-state index contributed by atoms with van der Waals surface area (Å²) in [6.07, 6.45) is 0. The number of furan rings is 1. The Labute approximate surface area is 146 Å². The van der Waals surface area contributed by atoms with E-state index in [9.17, 15) is 10.1 Å². The molecule has 25 heavy (non-hydrogen) atoms. The van der Waals surface area contributed by atoms with Gasteiger partial charge in [-0.3, -0.25) is 10.1 Å². The van der Waals surface area contributed by atoms with E-state index in [0.717, 1.165) is 15.8 Å². The van der Waals surface area contributed by atoms with E-state index in [1.54, 1.807) is 0 Å². The minimum atomic E-state index is -0.582. The SMILES string of the molecule is O=[N+]([O-])c1ccc(-c2nc(NCc3ccccc3)c3sccc3n2)o1. The normalized spacial score (nSPS) is 10.9. The number of fused-ring (bicyclic) bond motifs is 1. The second-order valence-electron chi connectivity index (χ2n) is 5.26. The molecule has 3 heterocycles. The van der Waals surface area contributed by atoms with Crippen LogP contribution in [0.25, 0.3) is 21.8 Å². The van der Waals surface area contributed by atoms with Crippen LogP contribution in [0.3, 0.4) is 0 Å². The fraction of sp³-hybridized carbons (Fsp3) is 0.0588. The van der Waals surface area contributed by atoms with Crippen LogP contribution in [0.4, 0.5) is 11.7 Å². The third-order valence-corrected chi connectivity index (χ3v) is 4.51. The van der Waals surface area contributed by atoms with Crippen molar-refractivity contribution in [2.24, 2.45) is 0 Å². The lowest BCUT2D eigenvalue weighted by atomic mass is 10.2. The van der Waals surface area contributed by atoms with Gasteiger partial charge < -0.3 is 9.73 Å². The molecule has 0 atom stereocenters.